The predicted octanol–water partition coefficient (Wildman–Crippen LogP) is 3.03. The molecule has 2 aromatic rings. The zero-order valence-corrected chi connectivity index (χ0v) is 15.1. The van der Waals surface area contributed by atoms with Crippen molar-refractivity contribution in [1.29, 1.82) is 0 Å². The third-order valence-corrected chi connectivity index (χ3v) is 5.49. The van der Waals surface area contributed by atoms with Crippen LogP contribution in [-0.2, 0) is 12.3 Å². The van der Waals surface area contributed by atoms with Crippen LogP contribution in [0.4, 0.5) is 5.69 Å². The summed E-state index contributed by atoms with van der Waals surface area (Å²) >= 11 is 1.57. The van der Waals surface area contributed by atoms with E-state index in [1.165, 1.54) is 5.56 Å². The van der Waals surface area contributed by atoms with Gasteiger partial charge in [-0.1, -0.05) is 24.3 Å². The number of nitro benzene ring substituents is 1. The number of aromatic nitrogens is 1. The van der Waals surface area contributed by atoms with Gasteiger partial charge in [-0.3, -0.25) is 15.0 Å². The van der Waals surface area contributed by atoms with E-state index in [4.69, 9.17) is 0 Å². The van der Waals surface area contributed by atoms with Gasteiger partial charge in [0.25, 0.3) is 5.69 Å². The molecule has 2 heterocycles. The molecular formula is C18H22N4O2S. The summed E-state index contributed by atoms with van der Waals surface area (Å²) < 4.78 is 0. The molecule has 0 unspecified atom stereocenters. The number of nitrogens with zero attached hydrogens (tertiary/aromatic N) is 4. The van der Waals surface area contributed by atoms with Crippen LogP contribution in [0.3, 0.4) is 0 Å². The smallest absolute Gasteiger partial charge is 0.273 e. The molecular weight excluding hydrogens is 336 g/mol. The molecule has 0 saturated carbocycles. The largest absolute Gasteiger partial charge is 0.304 e. The number of para-hydroxylation sites is 1. The Hall–Kier alpha value is -1.96. The van der Waals surface area contributed by atoms with Crippen LogP contribution in [0.1, 0.15) is 11.1 Å². The normalized spacial score (nSPS) is 16.0. The van der Waals surface area contributed by atoms with Gasteiger partial charge in [-0.05, 0) is 18.7 Å². The number of benzene rings is 1. The van der Waals surface area contributed by atoms with Gasteiger partial charge < -0.3 is 4.90 Å². The van der Waals surface area contributed by atoms with Gasteiger partial charge in [-0.15, -0.1) is 11.8 Å². The number of hydrogen-bond donors (Lipinski definition) is 0. The van der Waals surface area contributed by atoms with Gasteiger partial charge in [0.15, 0.2) is 0 Å². The van der Waals surface area contributed by atoms with Crippen molar-refractivity contribution in [1.82, 2.24) is 14.8 Å². The fraction of sp³-hybridized carbons (Fsp3) is 0.389. The minimum absolute atomic E-state index is 0.173. The van der Waals surface area contributed by atoms with Crippen molar-refractivity contribution in [3.63, 3.8) is 0 Å². The first-order chi connectivity index (χ1) is 12.1. The topological polar surface area (TPSA) is 62.5 Å². The standard InChI is InChI=1S/C18H22N4O2S/c1-20-9-11-21(12-10-20)13-15-6-4-8-19-18(15)25-14-16-5-2-3-7-17(16)22(23)24/h2-8H,9-14H2,1H3. The van der Waals surface area contributed by atoms with E-state index in [0.717, 1.165) is 43.3 Å². The van der Waals surface area contributed by atoms with Crippen LogP contribution in [0.5, 0.6) is 0 Å². The first-order valence-electron chi connectivity index (χ1n) is 8.33. The molecule has 0 radical (unpaired) electrons. The summed E-state index contributed by atoms with van der Waals surface area (Å²) in [6.45, 7) is 5.15. The Labute approximate surface area is 152 Å². The average Bonchev–Trinajstić information content (AvgIpc) is 2.63. The fourth-order valence-electron chi connectivity index (χ4n) is 2.88. The third-order valence-electron chi connectivity index (χ3n) is 4.39. The van der Waals surface area contributed by atoms with Crippen molar-refractivity contribution >= 4 is 17.4 Å². The summed E-state index contributed by atoms with van der Waals surface area (Å²) in [4.78, 5) is 20.1. The van der Waals surface area contributed by atoms with Crippen molar-refractivity contribution in [2.75, 3.05) is 33.2 Å². The number of pyridine rings is 1. The summed E-state index contributed by atoms with van der Waals surface area (Å²) in [5.74, 6) is 0.546. The van der Waals surface area contributed by atoms with Crippen LogP contribution in [0.2, 0.25) is 0 Å². The number of nitro groups is 1. The maximum Gasteiger partial charge on any atom is 0.273 e. The number of likely N-dealkylation sites (N-methyl/N-ethyl adjacent to an activating group) is 1. The van der Waals surface area contributed by atoms with Gasteiger partial charge in [0.05, 0.1) is 4.92 Å². The molecule has 3 rings (SSSR count). The second kappa shape index (κ2) is 8.42. The van der Waals surface area contributed by atoms with Crippen molar-refractivity contribution in [3.05, 3.63) is 63.8 Å². The van der Waals surface area contributed by atoms with Gasteiger partial charge in [0.1, 0.15) is 5.03 Å². The van der Waals surface area contributed by atoms with Gasteiger partial charge in [-0.2, -0.15) is 0 Å². The van der Waals surface area contributed by atoms with Gasteiger partial charge in [0, 0.05) is 56.3 Å². The summed E-state index contributed by atoms with van der Waals surface area (Å²) in [5.41, 5.74) is 2.09. The molecule has 1 aromatic heterocycles. The van der Waals surface area contributed by atoms with Crippen LogP contribution in [-0.4, -0.2) is 52.9 Å². The Morgan fingerprint density at radius 1 is 1.12 bits per heavy atom. The highest BCUT2D eigenvalue weighted by atomic mass is 32.2. The highest BCUT2D eigenvalue weighted by molar-refractivity contribution is 7.98. The lowest BCUT2D eigenvalue weighted by atomic mass is 10.2. The SMILES string of the molecule is CN1CCN(Cc2cccnc2SCc2ccccc2[N+](=O)[O-])CC1. The van der Waals surface area contributed by atoms with E-state index in [0.29, 0.717) is 5.75 Å². The zero-order valence-electron chi connectivity index (χ0n) is 14.3. The van der Waals surface area contributed by atoms with Gasteiger partial charge in [0.2, 0.25) is 0 Å². The summed E-state index contributed by atoms with van der Waals surface area (Å²) in [5, 5.41) is 12.1. The average molecular weight is 358 g/mol. The van der Waals surface area contributed by atoms with Gasteiger partial charge in [-0.25, -0.2) is 4.98 Å². The number of hydrogen-bond acceptors (Lipinski definition) is 6. The van der Waals surface area contributed by atoms with E-state index < -0.39 is 0 Å². The lowest BCUT2D eigenvalue weighted by molar-refractivity contribution is -0.385. The quantitative estimate of drug-likeness (QED) is 0.449. The summed E-state index contributed by atoms with van der Waals surface area (Å²) in [6.07, 6.45) is 1.79. The molecule has 132 valence electrons. The van der Waals surface area contributed by atoms with E-state index >= 15 is 0 Å². The Balaban J connectivity index is 1.68. The molecule has 7 heteroatoms. The molecule has 25 heavy (non-hydrogen) atoms. The molecule has 1 saturated heterocycles. The minimum atomic E-state index is -0.320. The van der Waals surface area contributed by atoms with Crippen molar-refractivity contribution in [3.8, 4) is 0 Å². The maximum absolute atomic E-state index is 11.2. The molecule has 1 aromatic carbocycles. The molecule has 0 atom stereocenters. The van der Waals surface area contributed by atoms with E-state index in [9.17, 15) is 10.1 Å². The monoisotopic (exact) mass is 358 g/mol. The van der Waals surface area contributed by atoms with Crippen LogP contribution < -0.4 is 0 Å². The van der Waals surface area contributed by atoms with Gasteiger partial charge >= 0.3 is 0 Å². The van der Waals surface area contributed by atoms with Crippen LogP contribution in [0.25, 0.3) is 0 Å². The summed E-state index contributed by atoms with van der Waals surface area (Å²) in [7, 11) is 2.15. The Morgan fingerprint density at radius 3 is 2.60 bits per heavy atom. The third kappa shape index (κ3) is 4.78. The molecule has 1 aliphatic rings. The number of rotatable bonds is 6. The van der Waals surface area contributed by atoms with Crippen molar-refractivity contribution < 1.29 is 4.92 Å². The molecule has 0 amide bonds. The number of thioether (sulfide) groups is 1. The van der Waals surface area contributed by atoms with Crippen molar-refractivity contribution in [2.45, 2.75) is 17.3 Å². The van der Waals surface area contributed by atoms with Crippen LogP contribution >= 0.6 is 11.8 Å². The van der Waals surface area contributed by atoms with E-state index in [-0.39, 0.29) is 10.6 Å². The maximum atomic E-state index is 11.2. The second-order valence-corrected chi connectivity index (χ2v) is 7.19. The molecule has 1 aliphatic heterocycles. The van der Waals surface area contributed by atoms with E-state index in [2.05, 4.69) is 27.9 Å². The van der Waals surface area contributed by atoms with Crippen molar-refractivity contribution in [2.24, 2.45) is 0 Å². The Kier molecular flexibility index (Phi) is 6.01. The molecule has 0 aliphatic carbocycles. The highest BCUT2D eigenvalue weighted by Crippen LogP contribution is 2.29. The lowest BCUT2D eigenvalue weighted by Gasteiger charge is -2.32. The summed E-state index contributed by atoms with van der Waals surface area (Å²) in [6, 6.07) is 11.0. The lowest BCUT2D eigenvalue weighted by Crippen LogP contribution is -2.43. The fourth-order valence-corrected chi connectivity index (χ4v) is 3.87. The molecule has 0 bridgehead atoms. The first kappa shape index (κ1) is 17.8. The minimum Gasteiger partial charge on any atom is -0.304 e. The predicted molar refractivity (Wildman–Crippen MR) is 99.7 cm³/mol. The van der Waals surface area contributed by atoms with Crippen LogP contribution in [0.15, 0.2) is 47.6 Å². The zero-order chi connectivity index (χ0) is 17.6. The molecule has 0 N–H and O–H groups in total. The van der Waals surface area contributed by atoms with E-state index in [1.807, 2.05) is 18.2 Å². The molecule has 1 fully saturated rings. The Bertz CT molecular complexity index is 733. The first-order valence-corrected chi connectivity index (χ1v) is 9.32. The second-order valence-electron chi connectivity index (χ2n) is 6.22. The molecule has 6 nitrogen and oxygen atoms in total. The Morgan fingerprint density at radius 2 is 1.84 bits per heavy atom. The highest BCUT2D eigenvalue weighted by Gasteiger charge is 2.17. The van der Waals surface area contributed by atoms with Crippen LogP contribution in [0, 0.1) is 10.1 Å². The number of piperazine rings is 1. The van der Waals surface area contributed by atoms with E-state index in [1.54, 1.807) is 30.1 Å². The molecule has 0 spiro atoms.